The van der Waals surface area contributed by atoms with Crippen molar-refractivity contribution in [3.63, 3.8) is 0 Å². The summed E-state index contributed by atoms with van der Waals surface area (Å²) in [7, 11) is 0. The first kappa shape index (κ1) is 20.8. The van der Waals surface area contributed by atoms with Crippen molar-refractivity contribution in [3.8, 4) is 11.3 Å². The highest BCUT2D eigenvalue weighted by molar-refractivity contribution is 8.93. The van der Waals surface area contributed by atoms with Crippen LogP contribution in [-0.4, -0.2) is 24.1 Å². The van der Waals surface area contributed by atoms with Crippen LogP contribution in [0.25, 0.3) is 11.3 Å². The molecule has 1 saturated heterocycles. The van der Waals surface area contributed by atoms with Crippen LogP contribution in [-0.2, 0) is 10.8 Å². The Balaban J connectivity index is 0.00000210. The molecule has 2 N–H and O–H groups in total. The van der Waals surface area contributed by atoms with Crippen molar-refractivity contribution in [2.24, 2.45) is 5.73 Å². The van der Waals surface area contributed by atoms with Crippen molar-refractivity contribution in [1.82, 2.24) is 4.98 Å². The third-order valence-electron chi connectivity index (χ3n) is 6.45. The summed E-state index contributed by atoms with van der Waals surface area (Å²) in [6.07, 6.45) is 4.63. The summed E-state index contributed by atoms with van der Waals surface area (Å²) in [6.45, 7) is 11.6. The van der Waals surface area contributed by atoms with Gasteiger partial charge in [-0.3, -0.25) is 0 Å². The van der Waals surface area contributed by atoms with Crippen molar-refractivity contribution in [3.05, 3.63) is 34.7 Å². The number of fused-ring (bicyclic) bond motifs is 1. The van der Waals surface area contributed by atoms with Gasteiger partial charge in [0.15, 0.2) is 5.13 Å². The number of nitrogens with zero attached hydrogens (tertiary/aromatic N) is 2. The van der Waals surface area contributed by atoms with E-state index >= 15 is 0 Å². The summed E-state index contributed by atoms with van der Waals surface area (Å²) < 4.78 is 0. The number of halogens is 1. The minimum Gasteiger partial charge on any atom is -0.348 e. The number of anilines is 1. The lowest BCUT2D eigenvalue weighted by molar-refractivity contribution is 0.332. The second-order valence-corrected chi connectivity index (χ2v) is 10.2. The Morgan fingerprint density at radius 3 is 2.33 bits per heavy atom. The van der Waals surface area contributed by atoms with E-state index in [4.69, 9.17) is 10.7 Å². The van der Waals surface area contributed by atoms with Crippen LogP contribution in [0, 0.1) is 0 Å². The van der Waals surface area contributed by atoms with Gasteiger partial charge in [0, 0.05) is 30.1 Å². The average Bonchev–Trinajstić information content (AvgIpc) is 3.09. The normalized spacial score (nSPS) is 21.4. The van der Waals surface area contributed by atoms with E-state index < -0.39 is 0 Å². The zero-order valence-corrected chi connectivity index (χ0v) is 19.4. The molecule has 0 radical (unpaired) electrons. The van der Waals surface area contributed by atoms with Crippen LogP contribution in [0.5, 0.6) is 0 Å². The predicted molar refractivity (Wildman–Crippen MR) is 123 cm³/mol. The zero-order chi connectivity index (χ0) is 18.5. The summed E-state index contributed by atoms with van der Waals surface area (Å²) in [5, 5.41) is 3.36. The molecule has 0 bridgehead atoms. The minimum absolute atomic E-state index is 0. The predicted octanol–water partition coefficient (Wildman–Crippen LogP) is 5.66. The number of hydrogen-bond donors (Lipinski definition) is 1. The molecule has 1 fully saturated rings. The van der Waals surface area contributed by atoms with Gasteiger partial charge < -0.3 is 10.6 Å². The van der Waals surface area contributed by atoms with Crippen LogP contribution in [0.2, 0.25) is 0 Å². The van der Waals surface area contributed by atoms with Gasteiger partial charge in [-0.25, -0.2) is 4.98 Å². The molecule has 0 amide bonds. The van der Waals surface area contributed by atoms with E-state index in [1.807, 2.05) is 0 Å². The second kappa shape index (κ2) is 7.49. The smallest absolute Gasteiger partial charge is 0.185 e. The highest BCUT2D eigenvalue weighted by atomic mass is 79.9. The Morgan fingerprint density at radius 1 is 1.04 bits per heavy atom. The molecule has 148 valence electrons. The number of aromatic nitrogens is 1. The molecule has 0 saturated carbocycles. The van der Waals surface area contributed by atoms with E-state index in [0.717, 1.165) is 36.8 Å². The summed E-state index contributed by atoms with van der Waals surface area (Å²) in [4.78, 5) is 7.36. The van der Waals surface area contributed by atoms with Crippen LogP contribution in [0.4, 0.5) is 5.13 Å². The van der Waals surface area contributed by atoms with E-state index in [2.05, 4.69) is 56.2 Å². The summed E-state index contributed by atoms with van der Waals surface area (Å²) in [5.74, 6) is 0. The maximum Gasteiger partial charge on any atom is 0.185 e. The highest BCUT2D eigenvalue weighted by Crippen LogP contribution is 2.46. The van der Waals surface area contributed by atoms with Gasteiger partial charge in [-0.05, 0) is 53.7 Å². The first-order chi connectivity index (χ1) is 12.3. The number of piperidine rings is 1. The summed E-state index contributed by atoms with van der Waals surface area (Å²) >= 11 is 1.76. The molecule has 2 aromatic rings. The molecular formula is C22H32BrN3S. The van der Waals surface area contributed by atoms with E-state index in [1.165, 1.54) is 29.5 Å². The lowest BCUT2D eigenvalue weighted by atomic mass is 9.63. The van der Waals surface area contributed by atoms with Gasteiger partial charge in [0.25, 0.3) is 0 Å². The first-order valence-corrected chi connectivity index (χ1v) is 10.8. The topological polar surface area (TPSA) is 42.1 Å². The number of thiazole rings is 1. The van der Waals surface area contributed by atoms with Crippen LogP contribution in [0.3, 0.4) is 0 Å². The van der Waals surface area contributed by atoms with Gasteiger partial charge in [-0.2, -0.15) is 0 Å². The number of hydrogen-bond acceptors (Lipinski definition) is 4. The third-order valence-corrected chi connectivity index (χ3v) is 7.35. The van der Waals surface area contributed by atoms with E-state index in [1.54, 1.807) is 11.3 Å². The Kier molecular flexibility index (Phi) is 5.77. The number of nitrogens with two attached hydrogens (primary N) is 1. The fourth-order valence-corrected chi connectivity index (χ4v) is 5.27. The monoisotopic (exact) mass is 449 g/mol. The molecule has 0 atom stereocenters. The van der Waals surface area contributed by atoms with Crippen molar-refractivity contribution in [2.45, 2.75) is 70.3 Å². The maximum absolute atomic E-state index is 6.04. The Hall–Kier alpha value is -0.910. The van der Waals surface area contributed by atoms with Crippen LogP contribution < -0.4 is 10.6 Å². The fourth-order valence-electron chi connectivity index (χ4n) is 4.38. The van der Waals surface area contributed by atoms with Crippen molar-refractivity contribution < 1.29 is 0 Å². The van der Waals surface area contributed by atoms with Crippen LogP contribution in [0.1, 0.15) is 64.5 Å². The molecule has 27 heavy (non-hydrogen) atoms. The third kappa shape index (κ3) is 3.96. The molecule has 1 aromatic carbocycles. The van der Waals surface area contributed by atoms with Gasteiger partial charge in [-0.1, -0.05) is 39.8 Å². The van der Waals surface area contributed by atoms with E-state index in [-0.39, 0.29) is 27.8 Å². The van der Waals surface area contributed by atoms with Gasteiger partial charge in [0.2, 0.25) is 0 Å². The van der Waals surface area contributed by atoms with Crippen molar-refractivity contribution in [2.75, 3.05) is 18.0 Å². The average molecular weight is 450 g/mol. The van der Waals surface area contributed by atoms with Crippen LogP contribution in [0.15, 0.2) is 23.6 Å². The quantitative estimate of drug-likeness (QED) is 0.642. The maximum atomic E-state index is 6.04. The summed E-state index contributed by atoms with van der Waals surface area (Å²) in [5.41, 5.74) is 11.9. The molecule has 3 nitrogen and oxygen atoms in total. The molecule has 2 aliphatic rings. The molecule has 1 aliphatic carbocycles. The molecule has 0 unspecified atom stereocenters. The number of benzene rings is 1. The van der Waals surface area contributed by atoms with Crippen molar-refractivity contribution in [1.29, 1.82) is 0 Å². The van der Waals surface area contributed by atoms with Gasteiger partial charge in [-0.15, -0.1) is 28.3 Å². The molecule has 2 heterocycles. The molecule has 1 aliphatic heterocycles. The second-order valence-electron chi connectivity index (χ2n) is 9.37. The molecule has 1 aromatic heterocycles. The standard InChI is InChI=1S/C22H31N3S.BrH/c1-21(2)9-10-22(3,4)18-13-15(5-6-17(18)21)19-14-26-20(24-19)25-11-7-16(23)8-12-25;/h5-6,13-14,16H,7-12,23H2,1-4H3;1H. The fraction of sp³-hybridized carbons (Fsp3) is 0.591. The number of rotatable bonds is 2. The molecule has 0 spiro atoms. The Bertz CT molecular complexity index is 804. The zero-order valence-electron chi connectivity index (χ0n) is 16.9. The lowest BCUT2D eigenvalue weighted by Gasteiger charge is -2.42. The van der Waals surface area contributed by atoms with Crippen LogP contribution >= 0.6 is 28.3 Å². The van der Waals surface area contributed by atoms with Gasteiger partial charge in [0.05, 0.1) is 5.69 Å². The van der Waals surface area contributed by atoms with E-state index in [0.29, 0.717) is 6.04 Å². The largest absolute Gasteiger partial charge is 0.348 e. The van der Waals surface area contributed by atoms with Crippen molar-refractivity contribution >= 4 is 33.4 Å². The molecule has 4 rings (SSSR count). The summed E-state index contributed by atoms with van der Waals surface area (Å²) in [6, 6.07) is 7.38. The highest BCUT2D eigenvalue weighted by Gasteiger charge is 2.37. The van der Waals surface area contributed by atoms with Gasteiger partial charge >= 0.3 is 0 Å². The Morgan fingerprint density at radius 2 is 1.67 bits per heavy atom. The Labute approximate surface area is 178 Å². The first-order valence-electron chi connectivity index (χ1n) is 9.88. The SMILES string of the molecule is Br.CC1(C)CCC(C)(C)c2cc(-c3csc(N4CCC(N)CC4)n3)ccc21. The lowest BCUT2D eigenvalue weighted by Crippen LogP contribution is -2.39. The molecular weight excluding hydrogens is 418 g/mol. The minimum atomic E-state index is 0. The molecule has 5 heteroatoms. The van der Waals surface area contributed by atoms with Gasteiger partial charge in [0.1, 0.15) is 0 Å². The van der Waals surface area contributed by atoms with E-state index in [9.17, 15) is 0 Å².